The fourth-order valence-electron chi connectivity index (χ4n) is 2.60. The molecule has 0 saturated heterocycles. The van der Waals surface area contributed by atoms with Crippen LogP contribution in [0.2, 0.25) is 0 Å². The number of benzene rings is 2. The zero-order valence-electron chi connectivity index (χ0n) is 12.6. The third-order valence-corrected chi connectivity index (χ3v) is 3.86. The summed E-state index contributed by atoms with van der Waals surface area (Å²) in [5.41, 5.74) is 0.420. The zero-order chi connectivity index (χ0) is 17.4. The number of nitrogens with zero attached hydrogens (tertiary/aromatic N) is 1. The van der Waals surface area contributed by atoms with E-state index in [0.29, 0.717) is 22.1 Å². The van der Waals surface area contributed by atoms with Crippen molar-refractivity contribution in [2.75, 3.05) is 0 Å². The minimum absolute atomic E-state index is 0.0213. The highest BCUT2D eigenvalue weighted by molar-refractivity contribution is 5.82. The summed E-state index contributed by atoms with van der Waals surface area (Å²) in [7, 11) is 0. The Balaban J connectivity index is 2.11. The van der Waals surface area contributed by atoms with Crippen molar-refractivity contribution in [2.24, 2.45) is 0 Å². The van der Waals surface area contributed by atoms with E-state index in [4.69, 9.17) is 4.42 Å². The molecule has 6 nitrogen and oxygen atoms in total. The molecule has 122 valence electrons. The first kappa shape index (κ1) is 15.7. The number of hydrogen-bond acceptors (Lipinski definition) is 5. The molecule has 0 saturated carbocycles. The first-order valence-electron chi connectivity index (χ1n) is 7.05. The Morgan fingerprint density at radius 3 is 2.71 bits per heavy atom. The molecule has 0 spiro atoms. The van der Waals surface area contributed by atoms with Crippen LogP contribution < -0.4 is 5.63 Å². The van der Waals surface area contributed by atoms with E-state index in [0.717, 1.165) is 12.1 Å². The van der Waals surface area contributed by atoms with Crippen LogP contribution in [0.3, 0.4) is 0 Å². The van der Waals surface area contributed by atoms with Crippen molar-refractivity contribution >= 4 is 16.7 Å². The summed E-state index contributed by atoms with van der Waals surface area (Å²) < 4.78 is 18.6. The van der Waals surface area contributed by atoms with Crippen LogP contribution in [-0.2, 0) is 6.42 Å². The van der Waals surface area contributed by atoms with Crippen LogP contribution in [0.5, 0.6) is 5.75 Å². The lowest BCUT2D eigenvalue weighted by molar-refractivity contribution is -0.387. The monoisotopic (exact) mass is 329 g/mol. The number of phenolic OH excluding ortho intramolecular Hbond substituents is 1. The summed E-state index contributed by atoms with van der Waals surface area (Å²) in [6, 6.07) is 7.94. The second kappa shape index (κ2) is 5.77. The van der Waals surface area contributed by atoms with Crippen LogP contribution in [0.1, 0.15) is 16.7 Å². The number of nitro groups is 1. The third kappa shape index (κ3) is 2.71. The lowest BCUT2D eigenvalue weighted by Gasteiger charge is -2.08. The highest BCUT2D eigenvalue weighted by Crippen LogP contribution is 2.25. The number of halogens is 1. The lowest BCUT2D eigenvalue weighted by Crippen LogP contribution is -2.11. The Morgan fingerprint density at radius 2 is 2.00 bits per heavy atom. The van der Waals surface area contributed by atoms with Gasteiger partial charge < -0.3 is 9.52 Å². The van der Waals surface area contributed by atoms with E-state index in [-0.39, 0.29) is 17.8 Å². The Kier molecular flexibility index (Phi) is 3.76. The number of nitro benzene ring substituents is 1. The van der Waals surface area contributed by atoms with Crippen LogP contribution in [0.15, 0.2) is 45.6 Å². The quantitative estimate of drug-likeness (QED) is 0.451. The third-order valence-electron chi connectivity index (χ3n) is 3.86. The van der Waals surface area contributed by atoms with Gasteiger partial charge in [-0.3, -0.25) is 10.1 Å². The van der Waals surface area contributed by atoms with Gasteiger partial charge in [-0.15, -0.1) is 0 Å². The van der Waals surface area contributed by atoms with Crippen LogP contribution in [-0.4, -0.2) is 10.0 Å². The molecule has 1 N–H and O–H groups in total. The molecule has 24 heavy (non-hydrogen) atoms. The SMILES string of the molecule is Cc1c(Cc2ccc(F)c([N+](=O)[O-])c2)c(=O)oc2cc(O)ccc12. The van der Waals surface area contributed by atoms with Crippen molar-refractivity contribution in [3.63, 3.8) is 0 Å². The number of phenols is 1. The Bertz CT molecular complexity index is 1030. The predicted molar refractivity (Wildman–Crippen MR) is 84.7 cm³/mol. The molecule has 2 aromatic carbocycles. The normalized spacial score (nSPS) is 10.9. The highest BCUT2D eigenvalue weighted by atomic mass is 19.1. The Labute approximate surface area is 134 Å². The molecule has 0 aliphatic rings. The van der Waals surface area contributed by atoms with E-state index in [1.54, 1.807) is 13.0 Å². The molecule has 1 heterocycles. The van der Waals surface area contributed by atoms with Gasteiger partial charge in [-0.2, -0.15) is 4.39 Å². The molecule has 7 heteroatoms. The van der Waals surface area contributed by atoms with Crippen molar-refractivity contribution < 1.29 is 18.8 Å². The molecular formula is C17H12FNO5. The van der Waals surface area contributed by atoms with Gasteiger partial charge >= 0.3 is 11.3 Å². The summed E-state index contributed by atoms with van der Waals surface area (Å²) in [4.78, 5) is 22.2. The van der Waals surface area contributed by atoms with Gasteiger partial charge in [0.2, 0.25) is 5.82 Å². The second-order valence-corrected chi connectivity index (χ2v) is 5.39. The highest BCUT2D eigenvalue weighted by Gasteiger charge is 2.17. The molecule has 0 aliphatic carbocycles. The summed E-state index contributed by atoms with van der Waals surface area (Å²) >= 11 is 0. The van der Waals surface area contributed by atoms with Crippen LogP contribution in [0, 0.1) is 22.9 Å². The fourth-order valence-corrected chi connectivity index (χ4v) is 2.60. The average molecular weight is 329 g/mol. The molecular weight excluding hydrogens is 317 g/mol. The topological polar surface area (TPSA) is 93.6 Å². The number of aromatic hydroxyl groups is 1. The van der Waals surface area contributed by atoms with Gasteiger partial charge in [0.1, 0.15) is 11.3 Å². The van der Waals surface area contributed by atoms with E-state index >= 15 is 0 Å². The van der Waals surface area contributed by atoms with E-state index in [9.17, 15) is 24.4 Å². The fraction of sp³-hybridized carbons (Fsp3) is 0.118. The van der Waals surface area contributed by atoms with Gasteiger partial charge in [-0.1, -0.05) is 6.07 Å². The molecule has 0 amide bonds. The maximum atomic E-state index is 13.4. The molecule has 0 bridgehead atoms. The van der Waals surface area contributed by atoms with Crippen LogP contribution in [0.4, 0.5) is 10.1 Å². The molecule has 1 aromatic heterocycles. The van der Waals surface area contributed by atoms with Gasteiger partial charge in [-0.25, -0.2) is 4.79 Å². The van der Waals surface area contributed by atoms with Gasteiger partial charge in [0.15, 0.2) is 0 Å². The van der Waals surface area contributed by atoms with Crippen LogP contribution in [0.25, 0.3) is 11.0 Å². The van der Waals surface area contributed by atoms with Gasteiger partial charge in [0.25, 0.3) is 0 Å². The van der Waals surface area contributed by atoms with Crippen molar-refractivity contribution in [2.45, 2.75) is 13.3 Å². The largest absolute Gasteiger partial charge is 0.508 e. The van der Waals surface area contributed by atoms with Crippen molar-refractivity contribution in [3.8, 4) is 5.75 Å². The van der Waals surface area contributed by atoms with E-state index in [2.05, 4.69) is 0 Å². The minimum Gasteiger partial charge on any atom is -0.508 e. The predicted octanol–water partition coefficient (Wildman–Crippen LogP) is 3.45. The van der Waals surface area contributed by atoms with Gasteiger partial charge in [0.05, 0.1) is 4.92 Å². The number of aryl methyl sites for hydroxylation is 1. The summed E-state index contributed by atoms with van der Waals surface area (Å²) in [5, 5.41) is 20.9. The first-order chi connectivity index (χ1) is 11.4. The number of hydrogen-bond donors (Lipinski definition) is 1. The molecule has 3 aromatic rings. The van der Waals surface area contributed by atoms with Gasteiger partial charge in [0, 0.05) is 29.5 Å². The number of rotatable bonds is 3. The summed E-state index contributed by atoms with van der Waals surface area (Å²) in [6.07, 6.45) is 0.0755. The molecule has 0 radical (unpaired) electrons. The molecule has 0 fully saturated rings. The summed E-state index contributed by atoms with van der Waals surface area (Å²) in [5.74, 6) is -0.951. The van der Waals surface area contributed by atoms with Gasteiger partial charge in [-0.05, 0) is 36.2 Å². The van der Waals surface area contributed by atoms with E-state index in [1.807, 2.05) is 0 Å². The first-order valence-corrected chi connectivity index (χ1v) is 7.05. The zero-order valence-corrected chi connectivity index (χ0v) is 12.6. The van der Waals surface area contributed by atoms with Crippen molar-refractivity contribution in [1.29, 1.82) is 0 Å². The Hall–Kier alpha value is -3.22. The maximum absolute atomic E-state index is 13.4. The van der Waals surface area contributed by atoms with E-state index < -0.39 is 22.1 Å². The average Bonchev–Trinajstić information content (AvgIpc) is 2.52. The van der Waals surface area contributed by atoms with Crippen LogP contribution >= 0.6 is 0 Å². The van der Waals surface area contributed by atoms with Crippen molar-refractivity contribution in [3.05, 3.63) is 79.4 Å². The smallest absolute Gasteiger partial charge is 0.340 e. The Morgan fingerprint density at radius 1 is 1.25 bits per heavy atom. The summed E-state index contributed by atoms with van der Waals surface area (Å²) in [6.45, 7) is 1.73. The molecule has 3 rings (SSSR count). The molecule has 0 atom stereocenters. The lowest BCUT2D eigenvalue weighted by atomic mass is 9.99. The number of fused-ring (bicyclic) bond motifs is 1. The van der Waals surface area contributed by atoms with Crippen molar-refractivity contribution in [1.82, 2.24) is 0 Å². The molecule has 0 aliphatic heterocycles. The van der Waals surface area contributed by atoms with E-state index in [1.165, 1.54) is 18.2 Å². The second-order valence-electron chi connectivity index (χ2n) is 5.39. The molecule has 0 unspecified atom stereocenters. The standard InChI is InChI=1S/C17H12FNO5/c1-9-12-4-3-11(20)8-16(12)24-17(21)13(9)6-10-2-5-14(18)15(7-10)19(22)23/h2-5,7-8,20H,6H2,1H3. The minimum atomic E-state index is -0.929. The maximum Gasteiger partial charge on any atom is 0.340 e.